The summed E-state index contributed by atoms with van der Waals surface area (Å²) in [6.45, 7) is 6.27. The predicted molar refractivity (Wildman–Crippen MR) is 71.4 cm³/mol. The van der Waals surface area contributed by atoms with Crippen LogP contribution in [0.4, 0.5) is 0 Å². The van der Waals surface area contributed by atoms with Gasteiger partial charge in [0.1, 0.15) is 0 Å². The molecule has 0 aromatic carbocycles. The number of nitrogens with zero attached hydrogens (tertiary/aromatic N) is 1. The van der Waals surface area contributed by atoms with Crippen molar-refractivity contribution < 1.29 is 0 Å². The third-order valence-electron chi connectivity index (χ3n) is 2.32. The van der Waals surface area contributed by atoms with E-state index in [0.717, 1.165) is 0 Å². The summed E-state index contributed by atoms with van der Waals surface area (Å²) in [5.74, 6) is 0. The minimum Gasteiger partial charge on any atom is -0.303 e. The fourth-order valence-corrected chi connectivity index (χ4v) is 2.02. The average molecular weight is 393 g/mol. The highest BCUT2D eigenvalue weighted by atomic mass is 127. The topological polar surface area (TPSA) is 3.24 Å². The van der Waals surface area contributed by atoms with Crippen molar-refractivity contribution in [3.63, 3.8) is 0 Å². The van der Waals surface area contributed by atoms with Gasteiger partial charge in [-0.2, -0.15) is 0 Å². The van der Waals surface area contributed by atoms with Gasteiger partial charge in [-0.3, -0.25) is 0 Å². The second-order valence-electron chi connectivity index (χ2n) is 3.72. The summed E-state index contributed by atoms with van der Waals surface area (Å²) in [5, 5.41) is 0. The minimum absolute atomic E-state index is 0.451. The van der Waals surface area contributed by atoms with E-state index in [0.29, 0.717) is 1.43 Å². The van der Waals surface area contributed by atoms with E-state index in [1.165, 1.54) is 45.3 Å². The molecule has 1 rings (SSSR count). The third-order valence-corrected chi connectivity index (χ3v) is 3.39. The van der Waals surface area contributed by atoms with Crippen LogP contribution in [0.15, 0.2) is 0 Å². The monoisotopic (exact) mass is 393 g/mol. The van der Waals surface area contributed by atoms with Gasteiger partial charge in [0.05, 0.1) is 1.43 Å². The second-order valence-corrected chi connectivity index (χ2v) is 10.5. The van der Waals surface area contributed by atoms with Gasteiger partial charge in [0.25, 0.3) is 0 Å². The molecule has 12 heavy (non-hydrogen) atoms. The summed E-state index contributed by atoms with van der Waals surface area (Å²) in [5.41, 5.74) is 0. The SMILES string of the molecule is CC(I)(I)CCN1CCCCC1. The Morgan fingerprint density at radius 3 is 2.25 bits per heavy atom. The Kier molecular flexibility index (Phi) is 5.11. The van der Waals surface area contributed by atoms with E-state index in [4.69, 9.17) is 0 Å². The molecule has 0 radical (unpaired) electrons. The van der Waals surface area contributed by atoms with Crippen LogP contribution in [0.5, 0.6) is 0 Å². The van der Waals surface area contributed by atoms with Gasteiger partial charge in [-0.15, -0.1) is 0 Å². The summed E-state index contributed by atoms with van der Waals surface area (Å²) in [7, 11) is 0. The van der Waals surface area contributed by atoms with Gasteiger partial charge in [-0.1, -0.05) is 51.6 Å². The summed E-state index contributed by atoms with van der Waals surface area (Å²) in [4.78, 5) is 2.61. The zero-order valence-electron chi connectivity index (χ0n) is 7.65. The van der Waals surface area contributed by atoms with E-state index in [-0.39, 0.29) is 0 Å². The van der Waals surface area contributed by atoms with Crippen molar-refractivity contribution in [2.45, 2.75) is 34.0 Å². The van der Waals surface area contributed by atoms with Crippen LogP contribution in [0.25, 0.3) is 0 Å². The van der Waals surface area contributed by atoms with Crippen LogP contribution in [-0.2, 0) is 0 Å². The number of piperidine rings is 1. The normalized spacial score (nSPS) is 21.2. The van der Waals surface area contributed by atoms with Crippen LogP contribution in [0.2, 0.25) is 0 Å². The molecule has 1 nitrogen and oxygen atoms in total. The fraction of sp³-hybridized carbons (Fsp3) is 1.00. The van der Waals surface area contributed by atoms with E-state index < -0.39 is 0 Å². The number of halogens is 2. The Hall–Kier alpha value is 1.42. The molecule has 72 valence electrons. The lowest BCUT2D eigenvalue weighted by molar-refractivity contribution is 0.226. The van der Waals surface area contributed by atoms with Crippen molar-refractivity contribution in [1.29, 1.82) is 0 Å². The smallest absolute Gasteiger partial charge is 0.0718 e. The lowest BCUT2D eigenvalue weighted by atomic mass is 10.1. The molecule has 1 aliphatic rings. The highest BCUT2D eigenvalue weighted by molar-refractivity contribution is 14.2. The van der Waals surface area contributed by atoms with Crippen molar-refractivity contribution in [2.75, 3.05) is 19.6 Å². The maximum atomic E-state index is 2.61. The Bertz CT molecular complexity index is 125. The summed E-state index contributed by atoms with van der Waals surface area (Å²) >= 11 is 5.07. The highest BCUT2D eigenvalue weighted by Gasteiger charge is 2.17. The number of rotatable bonds is 3. The number of hydrogen-bond acceptors (Lipinski definition) is 1. The van der Waals surface area contributed by atoms with E-state index >= 15 is 0 Å². The third kappa shape index (κ3) is 5.21. The zero-order chi connectivity index (χ0) is 9.03. The Morgan fingerprint density at radius 2 is 1.75 bits per heavy atom. The maximum Gasteiger partial charge on any atom is 0.0718 e. The molecule has 0 unspecified atom stereocenters. The number of alkyl halides is 2. The lowest BCUT2D eigenvalue weighted by Crippen LogP contribution is -2.32. The molecule has 0 atom stereocenters. The van der Waals surface area contributed by atoms with Gasteiger partial charge in [-0.25, -0.2) is 0 Å². The fourth-order valence-electron chi connectivity index (χ4n) is 1.54. The summed E-state index contributed by atoms with van der Waals surface area (Å²) in [6.07, 6.45) is 5.59. The zero-order valence-corrected chi connectivity index (χ0v) is 12.0. The molecule has 0 N–H and O–H groups in total. The molecule has 1 heterocycles. The first-order chi connectivity index (χ1) is 5.58. The quantitative estimate of drug-likeness (QED) is 0.525. The molecule has 0 amide bonds. The average Bonchev–Trinajstić information content (AvgIpc) is 2.02. The van der Waals surface area contributed by atoms with Crippen LogP contribution in [0, 0.1) is 0 Å². The maximum absolute atomic E-state index is 2.61. The van der Waals surface area contributed by atoms with Crippen molar-refractivity contribution in [3.05, 3.63) is 0 Å². The first-order valence-corrected chi connectivity index (χ1v) is 6.84. The Labute approximate surface area is 103 Å². The van der Waals surface area contributed by atoms with E-state index in [1.807, 2.05) is 0 Å². The number of hydrogen-bond donors (Lipinski definition) is 0. The molecular weight excluding hydrogens is 376 g/mol. The van der Waals surface area contributed by atoms with Gasteiger partial charge in [0.15, 0.2) is 0 Å². The van der Waals surface area contributed by atoms with Crippen molar-refractivity contribution >= 4 is 45.2 Å². The molecule has 0 bridgehead atoms. The first kappa shape index (κ1) is 11.5. The van der Waals surface area contributed by atoms with Crippen LogP contribution in [0.1, 0.15) is 32.6 Å². The Balaban J connectivity index is 2.13. The highest BCUT2D eigenvalue weighted by Crippen LogP contribution is 2.30. The van der Waals surface area contributed by atoms with E-state index in [1.54, 1.807) is 0 Å². The molecule has 0 aromatic rings. The standard InChI is InChI=1S/C9H17I2N/c1-9(10,11)5-8-12-6-3-2-4-7-12/h2-8H2,1H3. The molecule has 1 fully saturated rings. The summed E-state index contributed by atoms with van der Waals surface area (Å²) < 4.78 is 0.451. The molecule has 0 aliphatic carbocycles. The predicted octanol–water partition coefficient (Wildman–Crippen LogP) is 3.45. The van der Waals surface area contributed by atoms with Crippen molar-refractivity contribution in [2.24, 2.45) is 0 Å². The molecule has 0 spiro atoms. The Morgan fingerprint density at radius 1 is 1.17 bits per heavy atom. The molecular formula is C9H17I2N. The molecule has 0 aromatic heterocycles. The molecule has 1 aliphatic heterocycles. The molecule has 3 heteroatoms. The van der Waals surface area contributed by atoms with Gasteiger partial charge < -0.3 is 4.90 Å². The van der Waals surface area contributed by atoms with Crippen LogP contribution >= 0.6 is 45.2 Å². The lowest BCUT2D eigenvalue weighted by Gasteiger charge is -2.28. The largest absolute Gasteiger partial charge is 0.303 e. The number of likely N-dealkylation sites (tertiary alicyclic amines) is 1. The van der Waals surface area contributed by atoms with Gasteiger partial charge in [0.2, 0.25) is 0 Å². The van der Waals surface area contributed by atoms with Crippen molar-refractivity contribution in [3.8, 4) is 0 Å². The van der Waals surface area contributed by atoms with Crippen LogP contribution < -0.4 is 0 Å². The van der Waals surface area contributed by atoms with Crippen molar-refractivity contribution in [1.82, 2.24) is 4.90 Å². The summed E-state index contributed by atoms with van der Waals surface area (Å²) in [6, 6.07) is 0. The van der Waals surface area contributed by atoms with E-state index in [2.05, 4.69) is 57.0 Å². The van der Waals surface area contributed by atoms with E-state index in [9.17, 15) is 0 Å². The van der Waals surface area contributed by atoms with Gasteiger partial charge >= 0.3 is 0 Å². The second kappa shape index (κ2) is 5.34. The first-order valence-electron chi connectivity index (χ1n) is 4.68. The van der Waals surface area contributed by atoms with Gasteiger partial charge in [0, 0.05) is 6.54 Å². The van der Waals surface area contributed by atoms with Crippen LogP contribution in [-0.4, -0.2) is 26.0 Å². The minimum atomic E-state index is 0.451. The van der Waals surface area contributed by atoms with Gasteiger partial charge in [-0.05, 0) is 39.3 Å². The molecule has 1 saturated heterocycles. The molecule has 0 saturated carbocycles. The van der Waals surface area contributed by atoms with Crippen LogP contribution in [0.3, 0.4) is 0 Å².